The fourth-order valence-electron chi connectivity index (χ4n) is 5.61. The van der Waals surface area contributed by atoms with Gasteiger partial charge in [-0.15, -0.1) is 6.42 Å². The molecule has 9 nitrogen and oxygen atoms in total. The van der Waals surface area contributed by atoms with E-state index in [9.17, 15) is 9.59 Å². The van der Waals surface area contributed by atoms with Gasteiger partial charge < -0.3 is 16.0 Å². The first-order valence-electron chi connectivity index (χ1n) is 14.4. The average Bonchev–Trinajstić information content (AvgIpc) is 3.44. The van der Waals surface area contributed by atoms with E-state index < -0.39 is 11.7 Å². The number of anilines is 5. The quantitative estimate of drug-likeness (QED) is 0.287. The molecule has 3 heterocycles. The van der Waals surface area contributed by atoms with Gasteiger partial charge in [-0.2, -0.15) is 4.98 Å². The summed E-state index contributed by atoms with van der Waals surface area (Å²) in [6.07, 6.45) is 10.8. The molecule has 2 aliphatic rings. The molecule has 224 valence electrons. The number of rotatable bonds is 8. The zero-order valence-corrected chi connectivity index (χ0v) is 25.1. The molecule has 2 aliphatic heterocycles. The number of likely N-dealkylation sites (tertiary alicyclic amines) is 1. The number of amides is 2. The Balaban J connectivity index is 1.55. The number of para-hydroxylation sites is 1. The van der Waals surface area contributed by atoms with Gasteiger partial charge in [0.05, 0.1) is 36.2 Å². The number of nitrogens with one attached hydrogen (secondary N) is 3. The van der Waals surface area contributed by atoms with Crippen molar-refractivity contribution >= 4 is 52.2 Å². The zero-order valence-electron chi connectivity index (χ0n) is 24.3. The molecule has 3 aromatic rings. The SMILES string of the molecule is C#CCNC(=O)c1cccc(F)c1Nc1nc(N(C(=O)CN2CCCC2)c2ccc3c(c2)NCCCC3(C)C)ncc1Cl. The summed E-state index contributed by atoms with van der Waals surface area (Å²) in [6, 6.07) is 10.0. The second kappa shape index (κ2) is 13.0. The molecule has 1 saturated heterocycles. The molecule has 2 aromatic carbocycles. The van der Waals surface area contributed by atoms with Crippen LogP contribution in [-0.2, 0) is 10.2 Å². The summed E-state index contributed by atoms with van der Waals surface area (Å²) in [5.41, 5.74) is 2.60. The monoisotopic (exact) mass is 603 g/mol. The first-order chi connectivity index (χ1) is 20.7. The molecular formula is C32H35ClFN7O2. The lowest BCUT2D eigenvalue weighted by atomic mass is 9.80. The summed E-state index contributed by atoms with van der Waals surface area (Å²) in [5.74, 6) is 0.976. The molecule has 0 radical (unpaired) electrons. The molecule has 3 N–H and O–H groups in total. The van der Waals surface area contributed by atoms with Gasteiger partial charge in [-0.1, -0.05) is 43.5 Å². The minimum atomic E-state index is -0.689. The largest absolute Gasteiger partial charge is 0.385 e. The second-order valence-corrected chi connectivity index (χ2v) is 11.8. The molecule has 43 heavy (non-hydrogen) atoms. The number of aromatic nitrogens is 2. The van der Waals surface area contributed by atoms with Crippen LogP contribution >= 0.6 is 11.6 Å². The van der Waals surface area contributed by atoms with Gasteiger partial charge >= 0.3 is 0 Å². The third kappa shape index (κ3) is 6.74. The number of nitrogens with zero attached hydrogens (tertiary/aromatic N) is 4. The highest BCUT2D eigenvalue weighted by Gasteiger charge is 2.30. The van der Waals surface area contributed by atoms with Crippen LogP contribution in [0.15, 0.2) is 42.6 Å². The van der Waals surface area contributed by atoms with Crippen molar-refractivity contribution < 1.29 is 14.0 Å². The van der Waals surface area contributed by atoms with Crippen molar-refractivity contribution in [1.82, 2.24) is 20.2 Å². The Morgan fingerprint density at radius 1 is 1.21 bits per heavy atom. The van der Waals surface area contributed by atoms with Gasteiger partial charge in [0.15, 0.2) is 5.82 Å². The fraction of sp³-hybridized carbons (Fsp3) is 0.375. The third-order valence-electron chi connectivity index (χ3n) is 7.88. The lowest BCUT2D eigenvalue weighted by molar-refractivity contribution is -0.118. The number of benzene rings is 2. The van der Waals surface area contributed by atoms with Crippen LogP contribution < -0.4 is 20.9 Å². The van der Waals surface area contributed by atoms with Gasteiger partial charge in [-0.3, -0.25) is 14.5 Å². The van der Waals surface area contributed by atoms with Crippen molar-refractivity contribution in [2.75, 3.05) is 48.3 Å². The molecule has 0 spiro atoms. The fourth-order valence-corrected chi connectivity index (χ4v) is 5.75. The van der Waals surface area contributed by atoms with Crippen LogP contribution in [0, 0.1) is 18.2 Å². The zero-order chi connectivity index (χ0) is 30.6. The maximum absolute atomic E-state index is 15.0. The third-order valence-corrected chi connectivity index (χ3v) is 8.15. The molecule has 0 saturated carbocycles. The minimum absolute atomic E-state index is 0.0197. The minimum Gasteiger partial charge on any atom is -0.385 e. The Bertz CT molecular complexity index is 1570. The van der Waals surface area contributed by atoms with Crippen LogP contribution in [0.3, 0.4) is 0 Å². The van der Waals surface area contributed by atoms with E-state index in [4.69, 9.17) is 18.0 Å². The molecule has 2 amide bonds. The van der Waals surface area contributed by atoms with Crippen molar-refractivity contribution in [1.29, 1.82) is 0 Å². The van der Waals surface area contributed by atoms with Gasteiger partial charge in [0, 0.05) is 12.2 Å². The van der Waals surface area contributed by atoms with Crippen LogP contribution in [0.25, 0.3) is 0 Å². The van der Waals surface area contributed by atoms with Crippen molar-refractivity contribution in [2.45, 2.75) is 44.9 Å². The highest BCUT2D eigenvalue weighted by molar-refractivity contribution is 6.33. The average molecular weight is 604 g/mol. The van der Waals surface area contributed by atoms with Crippen LogP contribution in [0.2, 0.25) is 5.02 Å². The Labute approximate surface area is 256 Å². The van der Waals surface area contributed by atoms with Gasteiger partial charge in [-0.25, -0.2) is 14.3 Å². The highest BCUT2D eigenvalue weighted by atomic mass is 35.5. The van der Waals surface area contributed by atoms with Gasteiger partial charge in [0.1, 0.15) is 10.8 Å². The number of fused-ring (bicyclic) bond motifs is 1. The van der Waals surface area contributed by atoms with E-state index >= 15 is 4.39 Å². The molecule has 1 fully saturated rings. The van der Waals surface area contributed by atoms with E-state index in [1.165, 1.54) is 34.9 Å². The van der Waals surface area contributed by atoms with Gasteiger partial charge in [0.25, 0.3) is 5.91 Å². The molecule has 0 bridgehead atoms. The normalized spacial score (nSPS) is 15.9. The van der Waals surface area contributed by atoms with Crippen molar-refractivity contribution in [2.24, 2.45) is 0 Å². The first kappa shape index (κ1) is 30.3. The van der Waals surface area contributed by atoms with Gasteiger partial charge in [-0.05, 0) is 74.0 Å². The first-order valence-corrected chi connectivity index (χ1v) is 14.8. The molecule has 0 aliphatic carbocycles. The number of hydrogen-bond donors (Lipinski definition) is 3. The Hall–Kier alpha value is -4.20. The van der Waals surface area contributed by atoms with Crippen molar-refractivity contribution in [3.8, 4) is 12.3 Å². The Kier molecular flexibility index (Phi) is 9.14. The molecule has 0 unspecified atom stereocenters. The summed E-state index contributed by atoms with van der Waals surface area (Å²) >= 11 is 6.47. The Morgan fingerprint density at radius 2 is 2.00 bits per heavy atom. The van der Waals surface area contributed by atoms with Crippen molar-refractivity contribution in [3.63, 3.8) is 0 Å². The lowest BCUT2D eigenvalue weighted by Gasteiger charge is -2.28. The lowest BCUT2D eigenvalue weighted by Crippen LogP contribution is -2.37. The highest BCUT2D eigenvalue weighted by Crippen LogP contribution is 2.39. The topological polar surface area (TPSA) is 102 Å². The predicted molar refractivity (Wildman–Crippen MR) is 168 cm³/mol. The van der Waals surface area contributed by atoms with E-state index in [0.29, 0.717) is 5.69 Å². The van der Waals surface area contributed by atoms with Gasteiger partial charge in [0.2, 0.25) is 11.9 Å². The summed E-state index contributed by atoms with van der Waals surface area (Å²) in [5, 5.41) is 9.00. The summed E-state index contributed by atoms with van der Waals surface area (Å²) in [6.45, 7) is 7.12. The number of terminal acetylenes is 1. The van der Waals surface area contributed by atoms with Crippen molar-refractivity contribution in [3.05, 3.63) is 64.6 Å². The standard InChI is InChI=1S/C32H35ClFN7O2/c1-4-14-36-30(43)22-9-7-10-25(34)28(22)38-29-24(33)19-37-31(39-29)41(27(42)20-40-16-5-6-17-40)21-11-12-23-26(18-21)35-15-8-13-32(23,2)3/h1,7,9-12,18-19,35H,5-6,8,13-17,20H2,2-3H3,(H,36,43)(H,37,38,39). The smallest absolute Gasteiger partial charge is 0.254 e. The molecule has 5 rings (SSSR count). The van der Waals surface area contributed by atoms with Crippen LogP contribution in [0.5, 0.6) is 0 Å². The Morgan fingerprint density at radius 3 is 2.77 bits per heavy atom. The van der Waals surface area contributed by atoms with E-state index in [-0.39, 0.29) is 52.5 Å². The number of halogens is 2. The summed E-state index contributed by atoms with van der Waals surface area (Å²) in [4.78, 5) is 39.2. The van der Waals surface area contributed by atoms with Crippen LogP contribution in [-0.4, -0.2) is 59.4 Å². The molecule has 0 atom stereocenters. The maximum Gasteiger partial charge on any atom is 0.254 e. The molecule has 11 heteroatoms. The number of hydrogen-bond acceptors (Lipinski definition) is 7. The number of carbonyl (C=O) groups excluding carboxylic acids is 2. The van der Waals surface area contributed by atoms with E-state index in [0.717, 1.165) is 51.0 Å². The summed E-state index contributed by atoms with van der Waals surface area (Å²) < 4.78 is 15.0. The predicted octanol–water partition coefficient (Wildman–Crippen LogP) is 5.62. The molecular weight excluding hydrogens is 569 g/mol. The van der Waals surface area contributed by atoms with E-state index in [1.54, 1.807) is 0 Å². The molecule has 1 aromatic heterocycles. The van der Waals surface area contributed by atoms with E-state index in [1.807, 2.05) is 12.1 Å². The summed E-state index contributed by atoms with van der Waals surface area (Å²) in [7, 11) is 0. The van der Waals surface area contributed by atoms with Crippen LogP contribution in [0.4, 0.5) is 33.2 Å². The van der Waals surface area contributed by atoms with E-state index in [2.05, 4.69) is 56.7 Å². The maximum atomic E-state index is 15.0. The second-order valence-electron chi connectivity index (χ2n) is 11.4. The number of carbonyl (C=O) groups is 2. The van der Waals surface area contributed by atoms with Crippen LogP contribution in [0.1, 0.15) is 55.5 Å².